The first-order chi connectivity index (χ1) is 11.0. The standard InChI is InChI=1S/C16H23N3O4/c1-2-3-11-23-14-6-4-5-13(12-14)7-8-15(20)19(22)10-9-18-16(17)21/h4-8,12,22H,2-3,9-11H2,1H3,(H3,17,18,21)/b8-7+. The van der Waals surface area contributed by atoms with Crippen LogP contribution in [0.5, 0.6) is 5.75 Å². The van der Waals surface area contributed by atoms with Gasteiger partial charge in [0.25, 0.3) is 5.91 Å². The highest BCUT2D eigenvalue weighted by molar-refractivity contribution is 5.91. The van der Waals surface area contributed by atoms with Crippen molar-refractivity contribution in [2.24, 2.45) is 5.73 Å². The second kappa shape index (κ2) is 10.2. The summed E-state index contributed by atoms with van der Waals surface area (Å²) in [6.45, 7) is 2.77. The minimum Gasteiger partial charge on any atom is -0.494 e. The van der Waals surface area contributed by atoms with Gasteiger partial charge < -0.3 is 15.8 Å². The Balaban J connectivity index is 2.50. The Bertz CT molecular complexity index is 546. The van der Waals surface area contributed by atoms with Crippen LogP contribution in [-0.4, -0.2) is 41.9 Å². The molecule has 0 unspecified atom stereocenters. The summed E-state index contributed by atoms with van der Waals surface area (Å²) in [6.07, 6.45) is 4.87. The first-order valence-corrected chi connectivity index (χ1v) is 7.47. The molecule has 0 spiro atoms. The molecule has 7 heteroatoms. The van der Waals surface area contributed by atoms with Gasteiger partial charge in [-0.2, -0.15) is 0 Å². The van der Waals surface area contributed by atoms with Crippen LogP contribution < -0.4 is 15.8 Å². The molecule has 0 bridgehead atoms. The Kier molecular flexibility index (Phi) is 8.23. The zero-order valence-corrected chi connectivity index (χ0v) is 13.2. The number of primary amides is 1. The molecule has 0 aliphatic carbocycles. The van der Waals surface area contributed by atoms with E-state index in [2.05, 4.69) is 12.2 Å². The third-order valence-electron chi connectivity index (χ3n) is 2.92. The normalized spacial score (nSPS) is 10.5. The first-order valence-electron chi connectivity index (χ1n) is 7.47. The molecule has 1 aromatic carbocycles. The van der Waals surface area contributed by atoms with Crippen molar-refractivity contribution in [2.75, 3.05) is 19.7 Å². The number of hydroxylamine groups is 2. The summed E-state index contributed by atoms with van der Waals surface area (Å²) in [5, 5.41) is 12.3. The average Bonchev–Trinajstić information content (AvgIpc) is 2.53. The van der Waals surface area contributed by atoms with Crippen molar-refractivity contribution in [3.05, 3.63) is 35.9 Å². The molecule has 0 aliphatic rings. The number of carbonyl (C=O) groups excluding carboxylic acids is 2. The van der Waals surface area contributed by atoms with E-state index >= 15 is 0 Å². The van der Waals surface area contributed by atoms with Crippen LogP contribution >= 0.6 is 0 Å². The van der Waals surface area contributed by atoms with Gasteiger partial charge in [-0.1, -0.05) is 25.5 Å². The van der Waals surface area contributed by atoms with Crippen LogP contribution in [-0.2, 0) is 4.79 Å². The Morgan fingerprint density at radius 1 is 1.43 bits per heavy atom. The van der Waals surface area contributed by atoms with Gasteiger partial charge in [-0.25, -0.2) is 9.86 Å². The number of carbonyl (C=O) groups is 2. The monoisotopic (exact) mass is 321 g/mol. The van der Waals surface area contributed by atoms with Gasteiger partial charge in [-0.15, -0.1) is 0 Å². The number of nitrogens with one attached hydrogen (secondary N) is 1. The second-order valence-corrected chi connectivity index (χ2v) is 4.86. The van der Waals surface area contributed by atoms with E-state index in [1.807, 2.05) is 24.3 Å². The van der Waals surface area contributed by atoms with Crippen molar-refractivity contribution in [3.8, 4) is 5.75 Å². The van der Waals surface area contributed by atoms with Gasteiger partial charge in [-0.05, 0) is 30.2 Å². The van der Waals surface area contributed by atoms with Crippen molar-refractivity contribution >= 4 is 18.0 Å². The minimum absolute atomic E-state index is 0.0493. The zero-order chi connectivity index (χ0) is 17.1. The third-order valence-corrected chi connectivity index (χ3v) is 2.92. The smallest absolute Gasteiger partial charge is 0.312 e. The minimum atomic E-state index is -0.707. The Hall–Kier alpha value is -2.54. The number of benzene rings is 1. The van der Waals surface area contributed by atoms with Crippen LogP contribution in [0.15, 0.2) is 30.3 Å². The molecule has 0 fully saturated rings. The van der Waals surface area contributed by atoms with E-state index < -0.39 is 11.9 Å². The summed E-state index contributed by atoms with van der Waals surface area (Å²) in [5.41, 5.74) is 5.67. The number of rotatable bonds is 9. The van der Waals surface area contributed by atoms with Gasteiger partial charge in [0.2, 0.25) is 0 Å². The molecule has 0 aromatic heterocycles. The molecule has 0 aliphatic heterocycles. The number of amides is 3. The fourth-order valence-corrected chi connectivity index (χ4v) is 1.69. The van der Waals surface area contributed by atoms with Crippen molar-refractivity contribution in [2.45, 2.75) is 19.8 Å². The summed E-state index contributed by atoms with van der Waals surface area (Å²) < 4.78 is 5.59. The zero-order valence-electron chi connectivity index (χ0n) is 13.2. The lowest BCUT2D eigenvalue weighted by atomic mass is 10.2. The van der Waals surface area contributed by atoms with Crippen LogP contribution in [0.2, 0.25) is 0 Å². The number of hydrogen-bond donors (Lipinski definition) is 3. The van der Waals surface area contributed by atoms with E-state index in [-0.39, 0.29) is 13.1 Å². The lowest BCUT2D eigenvalue weighted by molar-refractivity contribution is -0.158. The topological polar surface area (TPSA) is 105 Å². The largest absolute Gasteiger partial charge is 0.494 e. The van der Waals surface area contributed by atoms with Gasteiger partial charge >= 0.3 is 6.03 Å². The summed E-state index contributed by atoms with van der Waals surface area (Å²) in [7, 11) is 0. The molecule has 0 saturated heterocycles. The lowest BCUT2D eigenvalue weighted by Gasteiger charge is -2.12. The fourth-order valence-electron chi connectivity index (χ4n) is 1.69. The van der Waals surface area contributed by atoms with E-state index in [1.54, 1.807) is 6.08 Å². The number of nitrogens with two attached hydrogens (primary N) is 1. The van der Waals surface area contributed by atoms with E-state index in [9.17, 15) is 14.8 Å². The second-order valence-electron chi connectivity index (χ2n) is 4.86. The molecule has 1 rings (SSSR count). The molecular formula is C16H23N3O4. The maximum absolute atomic E-state index is 11.7. The van der Waals surface area contributed by atoms with Crippen molar-refractivity contribution in [3.63, 3.8) is 0 Å². The van der Waals surface area contributed by atoms with Crippen LogP contribution in [0.3, 0.4) is 0 Å². The number of urea groups is 1. The third kappa shape index (κ3) is 7.87. The van der Waals surface area contributed by atoms with Crippen LogP contribution in [0.25, 0.3) is 6.08 Å². The maximum atomic E-state index is 11.7. The molecule has 1 aromatic rings. The van der Waals surface area contributed by atoms with Crippen molar-refractivity contribution in [1.82, 2.24) is 10.4 Å². The summed E-state index contributed by atoms with van der Waals surface area (Å²) >= 11 is 0. The van der Waals surface area contributed by atoms with Gasteiger partial charge in [0.15, 0.2) is 0 Å². The van der Waals surface area contributed by atoms with E-state index in [4.69, 9.17) is 10.5 Å². The van der Waals surface area contributed by atoms with Crippen molar-refractivity contribution in [1.29, 1.82) is 0 Å². The maximum Gasteiger partial charge on any atom is 0.312 e. The molecule has 0 saturated carbocycles. The number of nitrogens with zero attached hydrogens (tertiary/aromatic N) is 1. The fraction of sp³-hybridized carbons (Fsp3) is 0.375. The highest BCUT2D eigenvalue weighted by Gasteiger charge is 2.06. The first kappa shape index (κ1) is 18.5. The molecule has 3 amide bonds. The summed E-state index contributed by atoms with van der Waals surface area (Å²) in [4.78, 5) is 22.2. The Labute approximate surface area is 135 Å². The van der Waals surface area contributed by atoms with E-state index in [0.717, 1.165) is 24.2 Å². The van der Waals surface area contributed by atoms with E-state index in [0.29, 0.717) is 11.7 Å². The van der Waals surface area contributed by atoms with Gasteiger partial charge in [0.05, 0.1) is 13.2 Å². The molecule has 4 N–H and O–H groups in total. The lowest BCUT2D eigenvalue weighted by Crippen LogP contribution is -2.38. The van der Waals surface area contributed by atoms with E-state index in [1.165, 1.54) is 6.08 Å². The van der Waals surface area contributed by atoms with Gasteiger partial charge in [0.1, 0.15) is 5.75 Å². The van der Waals surface area contributed by atoms with Crippen LogP contribution in [0.1, 0.15) is 25.3 Å². The predicted molar refractivity (Wildman–Crippen MR) is 87.0 cm³/mol. The molecule has 7 nitrogen and oxygen atoms in total. The number of ether oxygens (including phenoxy) is 1. The Morgan fingerprint density at radius 3 is 2.91 bits per heavy atom. The van der Waals surface area contributed by atoms with Gasteiger partial charge in [0, 0.05) is 12.6 Å². The predicted octanol–water partition coefficient (Wildman–Crippen LogP) is 1.76. The molecule has 0 radical (unpaired) electrons. The SMILES string of the molecule is CCCCOc1cccc(/C=C/C(=O)N(O)CCNC(N)=O)c1. The summed E-state index contributed by atoms with van der Waals surface area (Å²) in [5.74, 6) is 0.146. The molecule has 23 heavy (non-hydrogen) atoms. The molecule has 0 heterocycles. The summed E-state index contributed by atoms with van der Waals surface area (Å²) in [6, 6.07) is 6.62. The molecular weight excluding hydrogens is 298 g/mol. The molecule has 0 atom stereocenters. The highest BCUT2D eigenvalue weighted by atomic mass is 16.5. The highest BCUT2D eigenvalue weighted by Crippen LogP contribution is 2.15. The van der Waals surface area contributed by atoms with Crippen molar-refractivity contribution < 1.29 is 19.5 Å². The van der Waals surface area contributed by atoms with Crippen LogP contribution in [0, 0.1) is 0 Å². The number of unbranched alkanes of at least 4 members (excludes halogenated alkanes) is 1. The quantitative estimate of drug-likeness (QED) is 0.279. The van der Waals surface area contributed by atoms with Crippen LogP contribution in [0.4, 0.5) is 4.79 Å². The average molecular weight is 321 g/mol. The van der Waals surface area contributed by atoms with Gasteiger partial charge in [-0.3, -0.25) is 10.0 Å². The number of hydrogen-bond acceptors (Lipinski definition) is 4. The Morgan fingerprint density at radius 2 is 2.22 bits per heavy atom. The molecule has 126 valence electrons.